The van der Waals surface area contributed by atoms with E-state index >= 15 is 0 Å². The van der Waals surface area contributed by atoms with Crippen LogP contribution in [0.5, 0.6) is 11.5 Å². The van der Waals surface area contributed by atoms with E-state index in [0.717, 1.165) is 11.8 Å². The number of carbonyl (C=O) groups excluding carboxylic acids is 2. The van der Waals surface area contributed by atoms with Crippen LogP contribution < -0.4 is 20.1 Å². The monoisotopic (exact) mass is 468 g/mol. The van der Waals surface area contributed by atoms with Gasteiger partial charge in [-0.3, -0.25) is 19.7 Å². The summed E-state index contributed by atoms with van der Waals surface area (Å²) in [5.41, 5.74) is 1.26. The highest BCUT2D eigenvalue weighted by molar-refractivity contribution is 8.03. The summed E-state index contributed by atoms with van der Waals surface area (Å²) >= 11 is 1.02. The molecule has 1 atom stereocenters. The number of nitrogens with one attached hydrogen (secondary N) is 2. The van der Waals surface area contributed by atoms with Gasteiger partial charge in [0.1, 0.15) is 0 Å². The molecule has 3 rings (SSSR count). The van der Waals surface area contributed by atoms with Crippen LogP contribution in [-0.4, -0.2) is 36.7 Å². The van der Waals surface area contributed by atoms with Crippen molar-refractivity contribution in [2.75, 3.05) is 25.3 Å². The normalized spacial score (nSPS) is 15.3. The van der Waals surface area contributed by atoms with Crippen molar-refractivity contribution in [2.45, 2.75) is 12.3 Å². The second-order valence-electron chi connectivity index (χ2n) is 6.88. The molecule has 170 valence electrons. The third kappa shape index (κ3) is 5.42. The number of thioether (sulfide) groups is 1. The smallest absolute Gasteiger partial charge is 0.269 e. The highest BCUT2D eigenvalue weighted by Gasteiger charge is 2.32. The number of nitriles is 1. The molecule has 10 nitrogen and oxygen atoms in total. The first-order valence-electron chi connectivity index (χ1n) is 9.70. The van der Waals surface area contributed by atoms with Gasteiger partial charge in [-0.05, 0) is 18.2 Å². The molecule has 33 heavy (non-hydrogen) atoms. The number of hydrogen-bond donors (Lipinski definition) is 2. The van der Waals surface area contributed by atoms with Gasteiger partial charge in [-0.2, -0.15) is 5.26 Å². The molecular weight excluding hydrogens is 448 g/mol. The molecular formula is C22H20N4O6S. The molecule has 1 heterocycles. The Kier molecular flexibility index (Phi) is 7.53. The Morgan fingerprint density at radius 3 is 2.61 bits per heavy atom. The van der Waals surface area contributed by atoms with Crippen molar-refractivity contribution in [3.8, 4) is 17.6 Å². The molecule has 0 spiro atoms. The summed E-state index contributed by atoms with van der Waals surface area (Å²) in [6.07, 6.45) is 0.0471. The number of amides is 2. The second kappa shape index (κ2) is 10.5. The minimum absolute atomic E-state index is 0.0471. The third-order valence-electron chi connectivity index (χ3n) is 4.87. The summed E-state index contributed by atoms with van der Waals surface area (Å²) in [4.78, 5) is 35.0. The van der Waals surface area contributed by atoms with Gasteiger partial charge >= 0.3 is 0 Å². The Labute approximate surface area is 193 Å². The van der Waals surface area contributed by atoms with Gasteiger partial charge in [-0.1, -0.05) is 23.9 Å². The van der Waals surface area contributed by atoms with Crippen molar-refractivity contribution in [1.82, 2.24) is 5.32 Å². The zero-order valence-electron chi connectivity index (χ0n) is 17.8. The molecule has 0 bridgehead atoms. The topological polar surface area (TPSA) is 144 Å². The summed E-state index contributed by atoms with van der Waals surface area (Å²) in [6.45, 7) is 0. The zero-order valence-corrected chi connectivity index (χ0v) is 18.6. The van der Waals surface area contributed by atoms with E-state index < -0.39 is 16.7 Å². The van der Waals surface area contributed by atoms with Crippen molar-refractivity contribution in [3.05, 3.63) is 68.7 Å². The van der Waals surface area contributed by atoms with Crippen molar-refractivity contribution in [3.63, 3.8) is 0 Å². The predicted molar refractivity (Wildman–Crippen MR) is 122 cm³/mol. The number of anilines is 1. The summed E-state index contributed by atoms with van der Waals surface area (Å²) in [6, 6.07) is 12.8. The molecule has 11 heteroatoms. The zero-order chi connectivity index (χ0) is 24.0. The van der Waals surface area contributed by atoms with Crippen molar-refractivity contribution in [2.24, 2.45) is 0 Å². The molecule has 2 aromatic carbocycles. The van der Waals surface area contributed by atoms with Crippen LogP contribution in [0.25, 0.3) is 0 Å². The fourth-order valence-corrected chi connectivity index (χ4v) is 4.26. The maximum absolute atomic E-state index is 12.4. The van der Waals surface area contributed by atoms with Crippen molar-refractivity contribution < 1.29 is 24.0 Å². The second-order valence-corrected chi connectivity index (χ2v) is 7.87. The molecule has 0 radical (unpaired) electrons. The SMILES string of the molecule is COc1cccc(C2CC(=O)NC(SCC(=O)Nc3ccc([N+](=O)[O-])cc3)=C2C#N)c1OC. The molecule has 0 aliphatic carbocycles. The van der Waals surface area contributed by atoms with Gasteiger partial charge in [0, 0.05) is 35.7 Å². The molecule has 1 aliphatic heterocycles. The number of nitro benzene ring substituents is 1. The number of ether oxygens (including phenoxy) is 2. The van der Waals surface area contributed by atoms with Gasteiger partial charge < -0.3 is 20.1 Å². The Bertz CT molecular complexity index is 1160. The van der Waals surface area contributed by atoms with Crippen molar-refractivity contribution in [1.29, 1.82) is 5.26 Å². The number of benzene rings is 2. The Hall–Kier alpha value is -4.04. The lowest BCUT2D eigenvalue weighted by Crippen LogP contribution is -2.31. The van der Waals surface area contributed by atoms with Gasteiger partial charge in [-0.25, -0.2) is 0 Å². The maximum Gasteiger partial charge on any atom is 0.269 e. The first-order chi connectivity index (χ1) is 15.9. The van der Waals surface area contributed by atoms with E-state index in [0.29, 0.717) is 33.4 Å². The molecule has 1 aliphatic rings. The molecule has 0 saturated carbocycles. The molecule has 0 fully saturated rings. The van der Waals surface area contributed by atoms with Crippen LogP contribution in [0.2, 0.25) is 0 Å². The number of rotatable bonds is 8. The Balaban J connectivity index is 1.79. The van der Waals surface area contributed by atoms with Gasteiger partial charge in [0.2, 0.25) is 11.8 Å². The lowest BCUT2D eigenvalue weighted by molar-refractivity contribution is -0.384. The minimum atomic E-state index is -0.561. The predicted octanol–water partition coefficient (Wildman–Crippen LogP) is 3.32. The number of nitrogens with zero attached hydrogens (tertiary/aromatic N) is 2. The van der Waals surface area contributed by atoms with Crippen LogP contribution in [0.3, 0.4) is 0 Å². The average molecular weight is 468 g/mol. The molecule has 1 unspecified atom stereocenters. The number of carbonyl (C=O) groups is 2. The number of hydrogen-bond acceptors (Lipinski definition) is 8. The van der Waals surface area contributed by atoms with Crippen molar-refractivity contribution >= 4 is 35.0 Å². The molecule has 2 amide bonds. The number of non-ortho nitro benzene ring substituents is 1. The van der Waals surface area contributed by atoms with Crippen LogP contribution in [0.4, 0.5) is 11.4 Å². The lowest BCUT2D eigenvalue weighted by Gasteiger charge is -2.26. The van der Waals surface area contributed by atoms with Crippen LogP contribution in [0, 0.1) is 21.4 Å². The summed E-state index contributed by atoms with van der Waals surface area (Å²) in [7, 11) is 2.99. The fourth-order valence-electron chi connectivity index (χ4n) is 3.39. The largest absolute Gasteiger partial charge is 0.493 e. The van der Waals surface area contributed by atoms with Crippen LogP contribution in [0.1, 0.15) is 17.9 Å². The van der Waals surface area contributed by atoms with Gasteiger partial charge in [0.05, 0.1) is 41.6 Å². The number of para-hydroxylation sites is 1. The van der Waals surface area contributed by atoms with Crippen LogP contribution >= 0.6 is 11.8 Å². The number of methoxy groups -OCH3 is 2. The number of allylic oxidation sites excluding steroid dienone is 1. The van der Waals surface area contributed by atoms with E-state index in [1.54, 1.807) is 18.2 Å². The Morgan fingerprint density at radius 2 is 2.00 bits per heavy atom. The minimum Gasteiger partial charge on any atom is -0.493 e. The summed E-state index contributed by atoms with van der Waals surface area (Å²) in [5.74, 6) is -0.410. The van der Waals surface area contributed by atoms with Gasteiger partial charge in [-0.15, -0.1) is 0 Å². The fraction of sp³-hybridized carbons (Fsp3) is 0.227. The van der Waals surface area contributed by atoms with Crippen LogP contribution in [0.15, 0.2) is 53.1 Å². The van der Waals surface area contributed by atoms with E-state index in [4.69, 9.17) is 9.47 Å². The first kappa shape index (κ1) is 23.6. The van der Waals surface area contributed by atoms with Gasteiger partial charge in [0.15, 0.2) is 11.5 Å². The third-order valence-corrected chi connectivity index (χ3v) is 5.89. The first-order valence-corrected chi connectivity index (χ1v) is 10.7. The average Bonchev–Trinajstić information content (AvgIpc) is 2.82. The standard InChI is InChI=1S/C22H20N4O6S/c1-31-18-5-3-4-15(21(18)32-2)16-10-19(27)25-22(17(16)11-23)33-12-20(28)24-13-6-8-14(9-7-13)26(29)30/h3-9,16H,10,12H2,1-2H3,(H,24,28)(H,25,27). The Morgan fingerprint density at radius 1 is 1.27 bits per heavy atom. The summed E-state index contributed by atoms with van der Waals surface area (Å²) in [5, 5.41) is 26.2. The molecule has 0 saturated heterocycles. The molecule has 2 N–H and O–H groups in total. The number of nitro groups is 1. The van der Waals surface area contributed by atoms with E-state index in [2.05, 4.69) is 16.7 Å². The van der Waals surface area contributed by atoms with Crippen LogP contribution in [-0.2, 0) is 9.59 Å². The lowest BCUT2D eigenvalue weighted by atomic mass is 9.86. The summed E-state index contributed by atoms with van der Waals surface area (Å²) < 4.78 is 10.8. The highest BCUT2D eigenvalue weighted by atomic mass is 32.2. The van der Waals surface area contributed by atoms with E-state index in [-0.39, 0.29) is 23.8 Å². The van der Waals surface area contributed by atoms with E-state index in [1.807, 2.05) is 0 Å². The molecule has 0 aromatic heterocycles. The maximum atomic E-state index is 12.4. The highest BCUT2D eigenvalue weighted by Crippen LogP contribution is 2.43. The molecule has 2 aromatic rings. The van der Waals surface area contributed by atoms with Gasteiger partial charge in [0.25, 0.3) is 5.69 Å². The van der Waals surface area contributed by atoms with E-state index in [9.17, 15) is 25.0 Å². The van der Waals surface area contributed by atoms with E-state index in [1.165, 1.54) is 38.5 Å². The quantitative estimate of drug-likeness (QED) is 0.443.